The van der Waals surface area contributed by atoms with Gasteiger partial charge in [0.15, 0.2) is 5.11 Å². The molecule has 0 atom stereocenters. The average Bonchev–Trinajstić information content (AvgIpc) is 2.61. The Hall–Kier alpha value is -1.69. The number of hydrogen-bond acceptors (Lipinski definition) is 3. The Balaban J connectivity index is 1.90. The van der Waals surface area contributed by atoms with Gasteiger partial charge in [-0.3, -0.25) is 4.98 Å². The monoisotopic (exact) mass is 430 g/mol. The number of aryl methyl sites for hydroxylation is 1. The summed E-state index contributed by atoms with van der Waals surface area (Å²) in [5.41, 5.74) is 3.33. The van der Waals surface area contributed by atoms with Gasteiger partial charge < -0.3 is 15.5 Å². The maximum atomic E-state index is 6.22. The van der Waals surface area contributed by atoms with Crippen molar-refractivity contribution in [2.45, 2.75) is 71.1 Å². The summed E-state index contributed by atoms with van der Waals surface area (Å²) in [5.74, 6) is 0. The summed E-state index contributed by atoms with van der Waals surface area (Å²) in [4.78, 5) is 6.48. The normalized spacial score (nSPS) is 18.3. The predicted octanol–water partition coefficient (Wildman–Crippen LogP) is 5.55. The van der Waals surface area contributed by atoms with E-state index in [0.717, 1.165) is 35.7 Å². The number of pyridine rings is 1. The molecule has 2 aromatic rings. The Labute approximate surface area is 185 Å². The SMILES string of the molecule is Cc1ccc(Cl)cc1NC(=S)N(Cc1ccncc1)C1CC(C)(C)NC(C)(C)C1. The highest BCUT2D eigenvalue weighted by atomic mass is 35.5. The third-order valence-electron chi connectivity index (χ3n) is 5.41. The summed E-state index contributed by atoms with van der Waals surface area (Å²) < 4.78 is 0. The maximum Gasteiger partial charge on any atom is 0.173 e. The van der Waals surface area contributed by atoms with Gasteiger partial charge in [-0.05, 0) is 95.1 Å². The van der Waals surface area contributed by atoms with Crippen molar-refractivity contribution in [3.8, 4) is 0 Å². The molecular weight excluding hydrogens is 400 g/mol. The topological polar surface area (TPSA) is 40.2 Å². The first kappa shape index (κ1) is 22.0. The fourth-order valence-corrected chi connectivity index (χ4v) is 4.95. The smallest absolute Gasteiger partial charge is 0.173 e. The van der Waals surface area contributed by atoms with E-state index in [4.69, 9.17) is 23.8 Å². The summed E-state index contributed by atoms with van der Waals surface area (Å²) in [7, 11) is 0. The molecule has 0 unspecified atom stereocenters. The quantitative estimate of drug-likeness (QED) is 0.622. The second-order valence-corrected chi connectivity index (χ2v) is 10.2. The van der Waals surface area contributed by atoms with Gasteiger partial charge in [0.25, 0.3) is 0 Å². The van der Waals surface area contributed by atoms with Crippen LogP contribution in [0.2, 0.25) is 5.02 Å². The van der Waals surface area contributed by atoms with Crippen LogP contribution in [0, 0.1) is 6.92 Å². The summed E-state index contributed by atoms with van der Waals surface area (Å²) >= 11 is 12.1. The minimum absolute atomic E-state index is 0.0322. The van der Waals surface area contributed by atoms with E-state index in [1.54, 1.807) is 0 Å². The number of nitrogens with zero attached hydrogens (tertiary/aromatic N) is 2. The van der Waals surface area contributed by atoms with Crippen molar-refractivity contribution in [3.63, 3.8) is 0 Å². The van der Waals surface area contributed by atoms with Gasteiger partial charge in [-0.1, -0.05) is 17.7 Å². The van der Waals surface area contributed by atoms with Gasteiger partial charge in [0.2, 0.25) is 0 Å². The van der Waals surface area contributed by atoms with Gasteiger partial charge in [-0.15, -0.1) is 0 Å². The molecule has 6 heteroatoms. The van der Waals surface area contributed by atoms with Crippen LogP contribution in [0.4, 0.5) is 5.69 Å². The summed E-state index contributed by atoms with van der Waals surface area (Å²) in [5, 5.41) is 8.66. The zero-order valence-corrected chi connectivity index (χ0v) is 19.5. The first-order valence-electron chi connectivity index (χ1n) is 10.1. The van der Waals surface area contributed by atoms with Crippen molar-refractivity contribution in [2.24, 2.45) is 0 Å². The van der Waals surface area contributed by atoms with Gasteiger partial charge in [0.05, 0.1) is 0 Å². The van der Waals surface area contributed by atoms with Crippen LogP contribution in [-0.2, 0) is 6.54 Å². The minimum Gasteiger partial charge on any atom is -0.342 e. The number of piperidine rings is 1. The highest BCUT2D eigenvalue weighted by Gasteiger charge is 2.40. The van der Waals surface area contributed by atoms with Crippen LogP contribution < -0.4 is 10.6 Å². The van der Waals surface area contributed by atoms with Gasteiger partial charge in [-0.25, -0.2) is 0 Å². The van der Waals surface area contributed by atoms with E-state index in [1.165, 1.54) is 5.56 Å². The molecule has 1 saturated heterocycles. The fraction of sp³-hybridized carbons (Fsp3) is 0.478. The van der Waals surface area contributed by atoms with Crippen molar-refractivity contribution < 1.29 is 0 Å². The molecule has 0 saturated carbocycles. The third kappa shape index (κ3) is 5.91. The molecule has 0 amide bonds. The molecule has 3 rings (SSSR count). The van der Waals surface area contributed by atoms with E-state index in [9.17, 15) is 0 Å². The van der Waals surface area contributed by atoms with Crippen LogP contribution >= 0.6 is 23.8 Å². The summed E-state index contributed by atoms with van der Waals surface area (Å²) in [6.45, 7) is 11.9. The van der Waals surface area contributed by atoms with E-state index >= 15 is 0 Å². The van der Waals surface area contributed by atoms with E-state index in [0.29, 0.717) is 11.1 Å². The molecule has 156 valence electrons. The zero-order chi connectivity index (χ0) is 21.2. The first-order chi connectivity index (χ1) is 13.5. The molecular formula is C23H31ClN4S. The molecule has 2 N–H and O–H groups in total. The molecule has 0 aliphatic carbocycles. The maximum absolute atomic E-state index is 6.22. The number of benzene rings is 1. The fourth-order valence-electron chi connectivity index (χ4n) is 4.46. The number of halogens is 1. The number of aromatic nitrogens is 1. The molecule has 0 spiro atoms. The Kier molecular flexibility index (Phi) is 6.51. The second-order valence-electron chi connectivity index (χ2n) is 9.33. The molecule has 1 aromatic heterocycles. The van der Waals surface area contributed by atoms with Crippen molar-refractivity contribution in [2.75, 3.05) is 5.32 Å². The van der Waals surface area contributed by atoms with Crippen LogP contribution in [0.3, 0.4) is 0 Å². The van der Waals surface area contributed by atoms with Crippen molar-refractivity contribution in [1.82, 2.24) is 15.2 Å². The van der Waals surface area contributed by atoms with Gasteiger partial charge >= 0.3 is 0 Å². The predicted molar refractivity (Wildman–Crippen MR) is 127 cm³/mol. The third-order valence-corrected chi connectivity index (χ3v) is 5.99. The lowest BCUT2D eigenvalue weighted by Crippen LogP contribution is -2.63. The molecule has 0 bridgehead atoms. The van der Waals surface area contributed by atoms with Gasteiger partial charge in [0.1, 0.15) is 0 Å². The lowest BCUT2D eigenvalue weighted by Gasteiger charge is -2.50. The average molecular weight is 431 g/mol. The summed E-state index contributed by atoms with van der Waals surface area (Å²) in [6.07, 6.45) is 5.69. The Morgan fingerprint density at radius 3 is 2.41 bits per heavy atom. The van der Waals surface area contributed by atoms with Gasteiger partial charge in [-0.2, -0.15) is 0 Å². The van der Waals surface area contributed by atoms with E-state index in [1.807, 2.05) is 30.6 Å². The van der Waals surface area contributed by atoms with Crippen LogP contribution in [-0.4, -0.2) is 32.1 Å². The number of thiocarbonyl (C=S) groups is 1. The lowest BCUT2D eigenvalue weighted by molar-refractivity contribution is 0.101. The van der Waals surface area contributed by atoms with E-state index in [2.05, 4.69) is 67.3 Å². The lowest BCUT2D eigenvalue weighted by atomic mass is 9.79. The van der Waals surface area contributed by atoms with Crippen molar-refractivity contribution in [1.29, 1.82) is 0 Å². The van der Waals surface area contributed by atoms with E-state index in [-0.39, 0.29) is 11.1 Å². The van der Waals surface area contributed by atoms with Crippen molar-refractivity contribution in [3.05, 3.63) is 58.9 Å². The van der Waals surface area contributed by atoms with Crippen LogP contribution in [0.5, 0.6) is 0 Å². The molecule has 4 nitrogen and oxygen atoms in total. The molecule has 1 aliphatic heterocycles. The molecule has 29 heavy (non-hydrogen) atoms. The number of hydrogen-bond donors (Lipinski definition) is 2. The first-order valence-corrected chi connectivity index (χ1v) is 10.9. The second kappa shape index (κ2) is 8.58. The highest BCUT2D eigenvalue weighted by Crippen LogP contribution is 2.33. The van der Waals surface area contributed by atoms with Crippen LogP contribution in [0.25, 0.3) is 0 Å². The number of rotatable bonds is 4. The number of nitrogens with one attached hydrogen (secondary N) is 2. The molecule has 1 aliphatic rings. The van der Waals surface area contributed by atoms with Crippen LogP contribution in [0.1, 0.15) is 51.7 Å². The number of anilines is 1. The largest absolute Gasteiger partial charge is 0.342 e. The molecule has 1 aromatic carbocycles. The van der Waals surface area contributed by atoms with Crippen LogP contribution in [0.15, 0.2) is 42.7 Å². The van der Waals surface area contributed by atoms with E-state index < -0.39 is 0 Å². The molecule has 2 heterocycles. The Morgan fingerprint density at radius 1 is 1.17 bits per heavy atom. The Morgan fingerprint density at radius 2 is 1.79 bits per heavy atom. The zero-order valence-electron chi connectivity index (χ0n) is 17.9. The van der Waals surface area contributed by atoms with Crippen molar-refractivity contribution >= 4 is 34.6 Å². The Bertz CT molecular complexity index is 850. The standard InChI is InChI=1S/C23H31ClN4S/c1-16-6-7-18(24)12-20(16)26-21(29)28(15-17-8-10-25-11-9-17)19-13-22(2,3)27-23(4,5)14-19/h6-12,19,27H,13-15H2,1-5H3,(H,26,29). The minimum atomic E-state index is 0.0322. The highest BCUT2D eigenvalue weighted by molar-refractivity contribution is 7.80. The summed E-state index contributed by atoms with van der Waals surface area (Å²) in [6, 6.07) is 10.3. The van der Waals surface area contributed by atoms with Gasteiger partial charge in [0, 0.05) is 46.8 Å². The molecule has 0 radical (unpaired) electrons. The molecule has 1 fully saturated rings.